The van der Waals surface area contributed by atoms with Gasteiger partial charge in [-0.25, -0.2) is 9.18 Å². The van der Waals surface area contributed by atoms with Crippen molar-refractivity contribution >= 4 is 11.7 Å². The topological polar surface area (TPSA) is 59.6 Å². The van der Waals surface area contributed by atoms with Crippen molar-refractivity contribution in [3.63, 3.8) is 0 Å². The number of halogens is 1. The molecule has 0 radical (unpaired) electrons. The van der Waals surface area contributed by atoms with Gasteiger partial charge in [0.2, 0.25) is 0 Å². The summed E-state index contributed by atoms with van der Waals surface area (Å²) in [7, 11) is 1.39. The van der Waals surface area contributed by atoms with Crippen molar-refractivity contribution in [3.05, 3.63) is 53.8 Å². The molecule has 0 aromatic heterocycles. The molecule has 1 aliphatic rings. The Morgan fingerprint density at radius 1 is 1.30 bits per heavy atom. The number of carbonyl (C=O) groups excluding carboxylic acids is 1. The first-order valence-electron chi connectivity index (χ1n) is 7.30. The average molecular weight is 316 g/mol. The molecule has 6 heteroatoms. The zero-order valence-electron chi connectivity index (χ0n) is 12.6. The van der Waals surface area contributed by atoms with Gasteiger partial charge in [-0.15, -0.1) is 0 Å². The number of para-hydroxylation sites is 1. The van der Waals surface area contributed by atoms with E-state index in [0.717, 1.165) is 11.3 Å². The fourth-order valence-electron chi connectivity index (χ4n) is 2.56. The summed E-state index contributed by atoms with van der Waals surface area (Å²) in [4.78, 5) is 12.1. The van der Waals surface area contributed by atoms with Crippen LogP contribution in [0.1, 0.15) is 18.0 Å². The summed E-state index contributed by atoms with van der Waals surface area (Å²) < 4.78 is 24.1. The second-order valence-corrected chi connectivity index (χ2v) is 5.18. The zero-order chi connectivity index (χ0) is 16.2. The molecule has 2 amide bonds. The number of methoxy groups -OCH3 is 1. The van der Waals surface area contributed by atoms with Gasteiger partial charge in [0.15, 0.2) is 11.6 Å². The Bertz CT molecular complexity index is 721. The predicted molar refractivity (Wildman–Crippen MR) is 84.4 cm³/mol. The first kappa shape index (κ1) is 15.1. The van der Waals surface area contributed by atoms with Gasteiger partial charge in [-0.3, -0.25) is 0 Å². The summed E-state index contributed by atoms with van der Waals surface area (Å²) >= 11 is 0. The minimum Gasteiger partial charge on any atom is -0.494 e. The molecule has 2 N–H and O–H groups in total. The summed E-state index contributed by atoms with van der Waals surface area (Å²) in [6.07, 6.45) is 0.682. The number of rotatable bonds is 3. The van der Waals surface area contributed by atoms with Gasteiger partial charge in [0.1, 0.15) is 5.75 Å². The smallest absolute Gasteiger partial charge is 0.319 e. The Balaban J connectivity index is 1.67. The predicted octanol–water partition coefficient (Wildman–Crippen LogP) is 3.48. The molecule has 23 heavy (non-hydrogen) atoms. The number of anilines is 1. The summed E-state index contributed by atoms with van der Waals surface area (Å²) in [5, 5.41) is 5.51. The highest BCUT2D eigenvalue weighted by Crippen LogP contribution is 2.31. The number of hydrogen-bond donors (Lipinski definition) is 2. The second kappa shape index (κ2) is 6.56. The van der Waals surface area contributed by atoms with E-state index in [4.69, 9.17) is 9.47 Å². The minimum atomic E-state index is -0.526. The lowest BCUT2D eigenvalue weighted by molar-refractivity contribution is 0.232. The summed E-state index contributed by atoms with van der Waals surface area (Å²) in [5.41, 5.74) is 1.30. The number of carbonyl (C=O) groups is 1. The first-order chi connectivity index (χ1) is 11.2. The van der Waals surface area contributed by atoms with Crippen molar-refractivity contribution in [2.24, 2.45) is 0 Å². The molecule has 3 rings (SSSR count). The number of amides is 2. The molecule has 2 aromatic carbocycles. The van der Waals surface area contributed by atoms with Crippen molar-refractivity contribution in [2.75, 3.05) is 19.0 Å². The van der Waals surface area contributed by atoms with Crippen molar-refractivity contribution in [1.29, 1.82) is 0 Å². The normalized spacial score (nSPS) is 16.0. The van der Waals surface area contributed by atoms with Crippen LogP contribution < -0.4 is 20.1 Å². The molecule has 0 aliphatic carbocycles. The summed E-state index contributed by atoms with van der Waals surface area (Å²) in [6, 6.07) is 11.3. The van der Waals surface area contributed by atoms with Crippen LogP contribution in [0.25, 0.3) is 0 Å². The fraction of sp³-hybridized carbons (Fsp3) is 0.235. The van der Waals surface area contributed by atoms with Gasteiger partial charge in [-0.1, -0.05) is 18.2 Å². The molecule has 0 spiro atoms. The van der Waals surface area contributed by atoms with E-state index in [1.54, 1.807) is 6.07 Å². The van der Waals surface area contributed by atoms with Crippen molar-refractivity contribution in [1.82, 2.24) is 5.32 Å². The highest BCUT2D eigenvalue weighted by molar-refractivity contribution is 5.89. The van der Waals surface area contributed by atoms with Gasteiger partial charge < -0.3 is 20.1 Å². The van der Waals surface area contributed by atoms with Crippen LogP contribution in [0, 0.1) is 5.82 Å². The molecule has 5 nitrogen and oxygen atoms in total. The van der Waals surface area contributed by atoms with Crippen LogP contribution in [0.4, 0.5) is 14.9 Å². The van der Waals surface area contributed by atoms with E-state index < -0.39 is 11.8 Å². The standard InChI is InChI=1S/C17H17FN2O3/c1-22-16-7-6-11(10-13(16)18)19-17(21)20-14-8-9-23-15-5-3-2-4-12(14)15/h2-7,10,14H,8-9H2,1H3,(H2,19,20,21)/t14-/m0/s1. The SMILES string of the molecule is COc1ccc(NC(=O)N[C@H]2CCOc3ccccc32)cc1F. The van der Waals surface area contributed by atoms with Crippen LogP contribution in [0.3, 0.4) is 0 Å². The molecular weight excluding hydrogens is 299 g/mol. The number of hydrogen-bond acceptors (Lipinski definition) is 3. The maximum Gasteiger partial charge on any atom is 0.319 e. The molecule has 0 saturated heterocycles. The van der Waals surface area contributed by atoms with Crippen molar-refractivity contribution in [3.8, 4) is 11.5 Å². The lowest BCUT2D eigenvalue weighted by Crippen LogP contribution is -2.35. The molecule has 0 fully saturated rings. The lowest BCUT2D eigenvalue weighted by Gasteiger charge is -2.26. The third-order valence-corrected chi connectivity index (χ3v) is 3.67. The van der Waals surface area contributed by atoms with E-state index in [0.29, 0.717) is 18.7 Å². The zero-order valence-corrected chi connectivity index (χ0v) is 12.6. The first-order valence-corrected chi connectivity index (χ1v) is 7.30. The quantitative estimate of drug-likeness (QED) is 0.911. The fourth-order valence-corrected chi connectivity index (χ4v) is 2.56. The van der Waals surface area contributed by atoms with Gasteiger partial charge in [-0.05, 0) is 18.2 Å². The molecule has 0 saturated carbocycles. The number of nitrogens with one attached hydrogen (secondary N) is 2. The molecule has 0 unspecified atom stereocenters. The van der Waals surface area contributed by atoms with E-state index in [9.17, 15) is 9.18 Å². The number of urea groups is 1. The average Bonchev–Trinajstić information content (AvgIpc) is 2.55. The second-order valence-electron chi connectivity index (χ2n) is 5.18. The Morgan fingerprint density at radius 2 is 2.13 bits per heavy atom. The van der Waals surface area contributed by atoms with Crippen LogP contribution in [0.5, 0.6) is 11.5 Å². The number of benzene rings is 2. The largest absolute Gasteiger partial charge is 0.494 e. The maximum absolute atomic E-state index is 13.6. The maximum atomic E-state index is 13.6. The highest BCUT2D eigenvalue weighted by Gasteiger charge is 2.22. The van der Waals surface area contributed by atoms with E-state index in [1.807, 2.05) is 24.3 Å². The van der Waals surface area contributed by atoms with Crippen LogP contribution in [0.2, 0.25) is 0 Å². The van der Waals surface area contributed by atoms with E-state index in [1.165, 1.54) is 19.2 Å². The highest BCUT2D eigenvalue weighted by atomic mass is 19.1. The molecule has 0 bridgehead atoms. The van der Waals surface area contributed by atoms with Gasteiger partial charge in [0.25, 0.3) is 0 Å². The molecule has 120 valence electrons. The summed E-state index contributed by atoms with van der Waals surface area (Å²) in [6.45, 7) is 0.541. The van der Waals surface area contributed by atoms with E-state index in [2.05, 4.69) is 10.6 Å². The summed E-state index contributed by atoms with van der Waals surface area (Å²) in [5.74, 6) is 0.385. The minimum absolute atomic E-state index is 0.134. The van der Waals surface area contributed by atoms with Gasteiger partial charge in [0, 0.05) is 23.7 Å². The molecular formula is C17H17FN2O3. The van der Waals surface area contributed by atoms with Crippen LogP contribution >= 0.6 is 0 Å². The van der Waals surface area contributed by atoms with Gasteiger partial charge >= 0.3 is 6.03 Å². The molecule has 1 heterocycles. The van der Waals surface area contributed by atoms with Crippen LogP contribution in [-0.4, -0.2) is 19.7 Å². The number of fused-ring (bicyclic) bond motifs is 1. The van der Waals surface area contributed by atoms with Crippen molar-refractivity contribution in [2.45, 2.75) is 12.5 Å². The third-order valence-electron chi connectivity index (χ3n) is 3.67. The third kappa shape index (κ3) is 3.36. The number of ether oxygens (including phenoxy) is 2. The van der Waals surface area contributed by atoms with Crippen molar-refractivity contribution < 1.29 is 18.7 Å². The van der Waals surface area contributed by atoms with Gasteiger partial charge in [0.05, 0.1) is 19.8 Å². The monoisotopic (exact) mass is 316 g/mol. The van der Waals surface area contributed by atoms with Crippen LogP contribution in [0.15, 0.2) is 42.5 Å². The Kier molecular flexibility index (Phi) is 4.32. The van der Waals surface area contributed by atoms with E-state index >= 15 is 0 Å². The Labute approximate surface area is 133 Å². The molecule has 1 aliphatic heterocycles. The lowest BCUT2D eigenvalue weighted by atomic mass is 10.0. The molecule has 1 atom stereocenters. The Hall–Kier alpha value is -2.76. The van der Waals surface area contributed by atoms with Gasteiger partial charge in [-0.2, -0.15) is 0 Å². The van der Waals surface area contributed by atoms with E-state index in [-0.39, 0.29) is 11.8 Å². The molecule has 2 aromatic rings. The Morgan fingerprint density at radius 3 is 2.91 bits per heavy atom. The van der Waals surface area contributed by atoms with Crippen LogP contribution in [-0.2, 0) is 0 Å².